The number of esters is 2. The van der Waals surface area contributed by atoms with Gasteiger partial charge >= 0.3 is 11.9 Å². The van der Waals surface area contributed by atoms with Crippen molar-refractivity contribution in [2.45, 2.75) is 33.1 Å². The smallest absolute Gasteiger partial charge is 0.321 e. The van der Waals surface area contributed by atoms with E-state index in [1.807, 2.05) is 0 Å². The summed E-state index contributed by atoms with van der Waals surface area (Å²) in [6.45, 7) is 8.05. The second kappa shape index (κ2) is 4.40. The highest BCUT2D eigenvalue weighted by Crippen LogP contribution is 2.27. The van der Waals surface area contributed by atoms with E-state index in [0.29, 0.717) is 5.92 Å². The summed E-state index contributed by atoms with van der Waals surface area (Å²) in [7, 11) is 0. The third-order valence-corrected chi connectivity index (χ3v) is 2.67. The molecule has 0 aromatic rings. The number of hydrogen-bond acceptors (Lipinski definition) is 3. The van der Waals surface area contributed by atoms with Crippen LogP contribution in [0.1, 0.15) is 33.1 Å². The number of hydrogen-bond donors (Lipinski definition) is 0. The molecule has 0 aliphatic carbocycles. The lowest BCUT2D eigenvalue weighted by Gasteiger charge is -2.13. The maximum absolute atomic E-state index is 11.2. The molecule has 1 fully saturated rings. The van der Waals surface area contributed by atoms with Crippen molar-refractivity contribution >= 4 is 11.9 Å². The highest BCUT2D eigenvalue weighted by atomic mass is 16.6. The van der Waals surface area contributed by atoms with Gasteiger partial charge in [0.25, 0.3) is 0 Å². The zero-order chi connectivity index (χ0) is 10.7. The number of carbonyl (C=O) groups is 2. The topological polar surface area (TPSA) is 43.4 Å². The molecule has 0 aromatic carbocycles. The summed E-state index contributed by atoms with van der Waals surface area (Å²) < 4.78 is 4.47. The fourth-order valence-electron chi connectivity index (χ4n) is 1.52. The van der Waals surface area contributed by atoms with Gasteiger partial charge in [0.15, 0.2) is 0 Å². The molecule has 14 heavy (non-hydrogen) atoms. The Kier molecular flexibility index (Phi) is 3.44. The Morgan fingerprint density at radius 1 is 1.64 bits per heavy atom. The van der Waals surface area contributed by atoms with E-state index in [4.69, 9.17) is 0 Å². The van der Waals surface area contributed by atoms with Crippen molar-refractivity contribution in [3.63, 3.8) is 0 Å². The summed E-state index contributed by atoms with van der Waals surface area (Å²) in [4.78, 5) is 22.0. The molecule has 0 bridgehead atoms. The van der Waals surface area contributed by atoms with Crippen LogP contribution >= 0.6 is 0 Å². The summed E-state index contributed by atoms with van der Waals surface area (Å²) in [5, 5.41) is 0. The molecule has 1 heterocycles. The maximum atomic E-state index is 11.2. The fourth-order valence-corrected chi connectivity index (χ4v) is 1.52. The standard InChI is InChI=1S/C11H16O3/c1-4-7(2)5-8(3)9-6-10(12)14-11(9)13/h7,9H,3-6H2,1-2H3. The van der Waals surface area contributed by atoms with Crippen molar-refractivity contribution in [2.24, 2.45) is 11.8 Å². The predicted molar refractivity (Wildman–Crippen MR) is 52.4 cm³/mol. The van der Waals surface area contributed by atoms with Crippen molar-refractivity contribution < 1.29 is 14.3 Å². The van der Waals surface area contributed by atoms with Crippen molar-refractivity contribution in [1.29, 1.82) is 0 Å². The Bertz CT molecular complexity index is 268. The normalized spacial score (nSPS) is 23.4. The lowest BCUT2D eigenvalue weighted by molar-refractivity contribution is -0.152. The van der Waals surface area contributed by atoms with Gasteiger partial charge in [-0.25, -0.2) is 0 Å². The van der Waals surface area contributed by atoms with Crippen LogP contribution in [0.25, 0.3) is 0 Å². The van der Waals surface area contributed by atoms with Crippen LogP contribution < -0.4 is 0 Å². The number of rotatable bonds is 4. The van der Waals surface area contributed by atoms with E-state index in [-0.39, 0.29) is 6.42 Å². The van der Waals surface area contributed by atoms with E-state index >= 15 is 0 Å². The van der Waals surface area contributed by atoms with Crippen molar-refractivity contribution in [1.82, 2.24) is 0 Å². The summed E-state index contributed by atoms with van der Waals surface area (Å²) in [5.74, 6) is -0.740. The zero-order valence-corrected chi connectivity index (χ0v) is 8.71. The second-order valence-electron chi connectivity index (χ2n) is 3.93. The first-order valence-electron chi connectivity index (χ1n) is 4.96. The van der Waals surface area contributed by atoms with Gasteiger partial charge in [0.1, 0.15) is 0 Å². The number of carbonyl (C=O) groups excluding carboxylic acids is 2. The molecule has 0 radical (unpaired) electrons. The van der Waals surface area contributed by atoms with Crippen LogP contribution in [-0.2, 0) is 14.3 Å². The van der Waals surface area contributed by atoms with Gasteiger partial charge in [-0.3, -0.25) is 9.59 Å². The quantitative estimate of drug-likeness (QED) is 0.392. The first kappa shape index (κ1) is 11.0. The van der Waals surface area contributed by atoms with Gasteiger partial charge < -0.3 is 4.74 Å². The molecule has 1 aliphatic heterocycles. The van der Waals surface area contributed by atoms with E-state index in [9.17, 15) is 9.59 Å². The first-order chi connectivity index (χ1) is 6.54. The minimum atomic E-state index is -0.427. The van der Waals surface area contributed by atoms with Crippen molar-refractivity contribution in [3.8, 4) is 0 Å². The largest absolute Gasteiger partial charge is 0.393 e. The predicted octanol–water partition coefficient (Wildman–Crippen LogP) is 2.07. The summed E-state index contributed by atoms with van der Waals surface area (Å²) >= 11 is 0. The van der Waals surface area contributed by atoms with Gasteiger partial charge in [0.05, 0.1) is 12.3 Å². The Hall–Kier alpha value is -1.12. The van der Waals surface area contributed by atoms with Gasteiger partial charge in [-0.15, -0.1) is 0 Å². The highest BCUT2D eigenvalue weighted by Gasteiger charge is 2.35. The third-order valence-electron chi connectivity index (χ3n) is 2.67. The Labute approximate surface area is 84.1 Å². The van der Waals surface area contributed by atoms with E-state index in [0.717, 1.165) is 18.4 Å². The molecule has 1 saturated heterocycles. The average Bonchev–Trinajstić information content (AvgIpc) is 2.45. The molecular weight excluding hydrogens is 180 g/mol. The van der Waals surface area contributed by atoms with Crippen LogP contribution in [0.5, 0.6) is 0 Å². The molecule has 0 aromatic heterocycles. The minimum Gasteiger partial charge on any atom is -0.393 e. The van der Waals surface area contributed by atoms with Crippen LogP contribution in [0.4, 0.5) is 0 Å². The average molecular weight is 196 g/mol. The molecule has 2 atom stereocenters. The molecule has 78 valence electrons. The van der Waals surface area contributed by atoms with Gasteiger partial charge in [-0.1, -0.05) is 32.4 Å². The molecule has 0 N–H and O–H groups in total. The van der Waals surface area contributed by atoms with Crippen LogP contribution in [0.3, 0.4) is 0 Å². The van der Waals surface area contributed by atoms with E-state index in [1.54, 1.807) is 0 Å². The van der Waals surface area contributed by atoms with Gasteiger partial charge in [-0.2, -0.15) is 0 Å². The fraction of sp³-hybridized carbons (Fsp3) is 0.636. The zero-order valence-electron chi connectivity index (χ0n) is 8.71. The van der Waals surface area contributed by atoms with Crippen LogP contribution in [0.15, 0.2) is 12.2 Å². The van der Waals surface area contributed by atoms with Gasteiger partial charge in [-0.05, 0) is 12.3 Å². The summed E-state index contributed by atoms with van der Waals surface area (Å²) in [6, 6.07) is 0. The minimum absolute atomic E-state index is 0.175. The maximum Gasteiger partial charge on any atom is 0.321 e. The lowest BCUT2D eigenvalue weighted by atomic mass is 9.90. The monoisotopic (exact) mass is 196 g/mol. The Morgan fingerprint density at radius 3 is 2.71 bits per heavy atom. The number of cyclic esters (lactones) is 2. The van der Waals surface area contributed by atoms with Gasteiger partial charge in [0, 0.05) is 0 Å². The third kappa shape index (κ3) is 2.44. The molecule has 0 saturated carbocycles. The van der Waals surface area contributed by atoms with Crippen molar-refractivity contribution in [3.05, 3.63) is 12.2 Å². The van der Waals surface area contributed by atoms with E-state index in [1.165, 1.54) is 0 Å². The first-order valence-corrected chi connectivity index (χ1v) is 4.96. The van der Waals surface area contributed by atoms with Crippen LogP contribution in [-0.4, -0.2) is 11.9 Å². The molecule has 3 heteroatoms. The van der Waals surface area contributed by atoms with E-state index in [2.05, 4.69) is 25.2 Å². The van der Waals surface area contributed by atoms with Crippen molar-refractivity contribution in [2.75, 3.05) is 0 Å². The molecule has 0 amide bonds. The second-order valence-corrected chi connectivity index (χ2v) is 3.93. The Balaban J connectivity index is 2.53. The van der Waals surface area contributed by atoms with Gasteiger partial charge in [0.2, 0.25) is 0 Å². The van der Waals surface area contributed by atoms with E-state index < -0.39 is 17.9 Å². The number of ether oxygens (including phenoxy) is 1. The SMILES string of the molecule is C=C(CC(C)CC)C1CC(=O)OC1=O. The highest BCUT2D eigenvalue weighted by molar-refractivity contribution is 5.96. The Morgan fingerprint density at radius 2 is 2.29 bits per heavy atom. The van der Waals surface area contributed by atoms with Crippen LogP contribution in [0.2, 0.25) is 0 Å². The summed E-state index contributed by atoms with van der Waals surface area (Å²) in [5.41, 5.74) is 0.829. The summed E-state index contributed by atoms with van der Waals surface area (Å²) in [6.07, 6.45) is 2.02. The molecule has 0 spiro atoms. The molecule has 1 rings (SSSR count). The lowest BCUT2D eigenvalue weighted by Crippen LogP contribution is -2.11. The molecular formula is C11H16O3. The molecule has 2 unspecified atom stereocenters. The molecule has 1 aliphatic rings. The molecule has 3 nitrogen and oxygen atoms in total. The van der Waals surface area contributed by atoms with Crippen LogP contribution in [0, 0.1) is 11.8 Å².